The minimum atomic E-state index is -0.702. The minimum absolute atomic E-state index is 0.0322. The predicted octanol–water partition coefficient (Wildman–Crippen LogP) is 13.9. The molecule has 4 aliphatic rings. The molecule has 0 saturated carbocycles. The molecule has 0 spiro atoms. The third-order valence-corrected chi connectivity index (χ3v) is 22.5. The molecule has 4 fully saturated rings. The van der Waals surface area contributed by atoms with E-state index in [1.54, 1.807) is 44.4 Å². The Balaban J connectivity index is 0.000000196. The first-order valence-electron chi connectivity index (χ1n) is 37.5. The van der Waals surface area contributed by atoms with Crippen LogP contribution in [-0.4, -0.2) is 167 Å². The molecule has 580 valence electrons. The molecule has 10 aromatic rings. The molecule has 2 atom stereocenters. The van der Waals surface area contributed by atoms with E-state index in [2.05, 4.69) is 70.2 Å². The number of hydrogen-bond donors (Lipinski definition) is 5. The van der Waals surface area contributed by atoms with Gasteiger partial charge >= 0.3 is 6.09 Å². The van der Waals surface area contributed by atoms with Crippen molar-refractivity contribution < 1.29 is 38.2 Å². The van der Waals surface area contributed by atoms with E-state index in [1.807, 2.05) is 124 Å². The van der Waals surface area contributed by atoms with Crippen molar-refractivity contribution in [2.24, 2.45) is 14.1 Å². The van der Waals surface area contributed by atoms with Crippen LogP contribution in [0, 0.1) is 0 Å². The number of hydrogen-bond acceptors (Lipinski definition) is 17. The van der Waals surface area contributed by atoms with Crippen molar-refractivity contribution in [2.45, 2.75) is 142 Å². The van der Waals surface area contributed by atoms with Crippen LogP contribution in [0.5, 0.6) is 11.8 Å². The van der Waals surface area contributed by atoms with Crippen LogP contribution in [0.15, 0.2) is 122 Å². The number of piperidine rings is 2. The van der Waals surface area contributed by atoms with Crippen LogP contribution in [-0.2, 0) is 64.2 Å². The van der Waals surface area contributed by atoms with Gasteiger partial charge in [-0.25, -0.2) is 14.8 Å². The number of methoxy groups -OCH3 is 2. The van der Waals surface area contributed by atoms with Gasteiger partial charge in [0.1, 0.15) is 5.60 Å². The van der Waals surface area contributed by atoms with E-state index < -0.39 is 11.7 Å². The van der Waals surface area contributed by atoms with Gasteiger partial charge < -0.3 is 64.6 Å². The summed E-state index contributed by atoms with van der Waals surface area (Å²) in [7, 11) is 7.15. The molecule has 4 saturated heterocycles. The molecule has 5 amide bonds. The molecule has 24 nitrogen and oxygen atoms in total. The van der Waals surface area contributed by atoms with E-state index >= 15 is 0 Å². The van der Waals surface area contributed by atoms with Gasteiger partial charge in [0, 0.05) is 228 Å². The quantitative estimate of drug-likeness (QED) is 0.0422. The Morgan fingerprint density at radius 1 is 0.550 bits per heavy atom. The van der Waals surface area contributed by atoms with Gasteiger partial charge in [0.25, 0.3) is 0 Å². The summed E-state index contributed by atoms with van der Waals surface area (Å²) in [5.74, 6) is 1.17. The first-order chi connectivity index (χ1) is 53.4. The molecule has 4 aliphatic heterocycles. The molecule has 12 heterocycles. The summed E-state index contributed by atoms with van der Waals surface area (Å²) >= 11 is 28.6. The number of aromatic nitrogens is 8. The van der Waals surface area contributed by atoms with Gasteiger partial charge in [0.05, 0.1) is 85.7 Å². The van der Waals surface area contributed by atoms with E-state index in [1.165, 1.54) is 7.11 Å². The summed E-state index contributed by atoms with van der Waals surface area (Å²) in [4.78, 5) is 94.4. The molecule has 14 rings (SSSR count). The fourth-order valence-corrected chi connectivity index (χ4v) is 16.2. The highest BCUT2D eigenvalue weighted by molar-refractivity contribution is 6.40. The lowest BCUT2D eigenvalue weighted by atomic mass is 9.99. The lowest BCUT2D eigenvalue weighted by molar-refractivity contribution is -0.130. The third kappa shape index (κ3) is 18.4. The van der Waals surface area contributed by atoms with Crippen molar-refractivity contribution in [1.82, 2.24) is 80.3 Å². The van der Waals surface area contributed by atoms with Crippen LogP contribution in [0.3, 0.4) is 0 Å². The Bertz CT molecular complexity index is 5150. The van der Waals surface area contributed by atoms with Gasteiger partial charge in [0.2, 0.25) is 35.4 Å². The zero-order valence-electron chi connectivity index (χ0n) is 63.8. The van der Waals surface area contributed by atoms with Gasteiger partial charge in [-0.15, -0.1) is 0 Å². The number of nitrogens with one attached hydrogen (secondary N) is 5. The van der Waals surface area contributed by atoms with Gasteiger partial charge in [-0.3, -0.25) is 39.1 Å². The van der Waals surface area contributed by atoms with Gasteiger partial charge in [-0.05, 0) is 102 Å². The van der Waals surface area contributed by atoms with Gasteiger partial charge in [-0.1, -0.05) is 88.9 Å². The number of benzene rings is 2. The van der Waals surface area contributed by atoms with Crippen molar-refractivity contribution in [3.63, 3.8) is 0 Å². The third-order valence-electron chi connectivity index (χ3n) is 20.9. The van der Waals surface area contributed by atoms with E-state index in [4.69, 9.17) is 80.6 Å². The van der Waals surface area contributed by atoms with Gasteiger partial charge in [0.15, 0.2) is 0 Å². The minimum Gasteiger partial charge on any atom is -0.481 e. The maximum Gasteiger partial charge on any atom is 0.410 e. The van der Waals surface area contributed by atoms with Crippen molar-refractivity contribution in [1.29, 1.82) is 0 Å². The fraction of sp³-hybridized carbons (Fsp3) is 0.386. The molecular formula is C83H92Cl4N16O8. The number of likely N-dealkylation sites (tertiary alicyclic amines) is 2. The van der Waals surface area contributed by atoms with E-state index in [0.717, 1.165) is 125 Å². The standard InChI is InChI=1S/C44H50Cl2N8O5.C39H42Cl2N8O3/c1-26(55)53-18-15-30(16-19-53)48-22-29-23-52(5)36-20-28(21-49-40(29)36)41-39(46)33(14-17-47-41)32-8-7-9-34(38(32)45)35-12-10-27(42(51-35)58-6)24-54(43(57)59-44(2,3)4)25-31-11-13-37(56)50-31;1-23(50)49-15-12-27(13-16-49)44-20-26-22-48(2)33-17-25(19-45-37(26)33)38-36(41)30(11-14-43-38)29-5-4-6-31(35(29)40)32-9-7-24(39(47-32)52-3)18-42-21-28-8-10-34(51)46-28/h7-10,12,14,17,20-21,23,30-31,48H,11,13,15-16,18-19,22,24-25H2,1-6H3,(H,50,56);4-7,9,11,14,17,19,22,27-28,42,44H,8,10,12-13,15-16,18,20-21H2,1-3H3,(H,46,51)/t31-;28-/m00/s1. The first kappa shape index (κ1) is 79.3. The van der Waals surface area contributed by atoms with E-state index in [9.17, 15) is 24.0 Å². The Morgan fingerprint density at radius 2 is 0.991 bits per heavy atom. The number of rotatable bonds is 22. The largest absolute Gasteiger partial charge is 0.481 e. The smallest absolute Gasteiger partial charge is 0.410 e. The molecular weight excluding hydrogens is 1490 g/mol. The number of pyridine rings is 6. The molecule has 28 heteroatoms. The number of carbonyl (C=O) groups is 5. The molecule has 0 aliphatic carbocycles. The van der Waals surface area contributed by atoms with Crippen LogP contribution in [0.1, 0.15) is 108 Å². The van der Waals surface area contributed by atoms with Gasteiger partial charge in [-0.2, -0.15) is 0 Å². The first-order valence-corrected chi connectivity index (χ1v) is 39.0. The van der Waals surface area contributed by atoms with Crippen molar-refractivity contribution in [3.8, 4) is 79.0 Å². The lowest BCUT2D eigenvalue weighted by Crippen LogP contribution is -2.43. The predicted molar refractivity (Wildman–Crippen MR) is 433 cm³/mol. The zero-order valence-corrected chi connectivity index (χ0v) is 66.8. The van der Waals surface area contributed by atoms with Crippen molar-refractivity contribution in [2.75, 3.05) is 53.5 Å². The zero-order chi connectivity index (χ0) is 78.4. The topological polar surface area (TPSA) is 270 Å². The van der Waals surface area contributed by atoms with Crippen LogP contribution in [0.4, 0.5) is 4.79 Å². The van der Waals surface area contributed by atoms with Crippen molar-refractivity contribution >= 4 is 98.2 Å². The van der Waals surface area contributed by atoms with Crippen LogP contribution in [0.25, 0.3) is 89.4 Å². The second kappa shape index (κ2) is 34.9. The summed E-state index contributed by atoms with van der Waals surface area (Å²) in [6, 6.07) is 27.6. The number of halogens is 4. The van der Waals surface area contributed by atoms with Crippen LogP contribution < -0.4 is 36.1 Å². The molecule has 2 aromatic carbocycles. The summed E-state index contributed by atoms with van der Waals surface area (Å²) in [5.41, 5.74) is 15.2. The summed E-state index contributed by atoms with van der Waals surface area (Å²) in [5, 5.41) is 18.5. The van der Waals surface area contributed by atoms with E-state index in [0.29, 0.717) is 134 Å². The van der Waals surface area contributed by atoms with Crippen LogP contribution in [0.2, 0.25) is 20.1 Å². The molecule has 0 radical (unpaired) electrons. The highest BCUT2D eigenvalue weighted by atomic mass is 35.5. The molecule has 0 bridgehead atoms. The number of nitrogens with zero attached hydrogens (tertiary/aromatic N) is 11. The maximum atomic E-state index is 13.3. The summed E-state index contributed by atoms with van der Waals surface area (Å²) in [6.07, 6.45) is 17.0. The van der Waals surface area contributed by atoms with Crippen molar-refractivity contribution in [3.05, 3.63) is 164 Å². The monoisotopic (exact) mass is 1580 g/mol. The number of fused-ring (bicyclic) bond motifs is 2. The average Bonchev–Trinajstić information content (AvgIpc) is 1.77. The summed E-state index contributed by atoms with van der Waals surface area (Å²) < 4.78 is 21.3. The Morgan fingerprint density at radius 3 is 1.43 bits per heavy atom. The number of ether oxygens (including phenoxy) is 3. The second-order valence-electron chi connectivity index (χ2n) is 29.7. The molecule has 111 heavy (non-hydrogen) atoms. The second-order valence-corrected chi connectivity index (χ2v) is 31.3. The normalized spacial score (nSPS) is 16.2. The Kier molecular flexibility index (Phi) is 24.9. The number of aryl methyl sites for hydroxylation is 2. The number of amides is 5. The molecule has 8 aromatic heterocycles. The highest BCUT2D eigenvalue weighted by Gasteiger charge is 2.32. The Hall–Kier alpha value is -9.79. The fourth-order valence-electron chi connectivity index (χ4n) is 14.9. The number of carbonyl (C=O) groups excluding carboxylic acids is 5. The average molecular weight is 1580 g/mol. The molecule has 0 unspecified atom stereocenters. The lowest BCUT2D eigenvalue weighted by Gasteiger charge is -2.31. The van der Waals surface area contributed by atoms with E-state index in [-0.39, 0.29) is 48.8 Å². The Labute approximate surface area is 665 Å². The highest BCUT2D eigenvalue weighted by Crippen LogP contribution is 2.45. The maximum absolute atomic E-state index is 13.3. The van der Waals surface area contributed by atoms with Crippen LogP contribution >= 0.6 is 46.4 Å². The molecule has 5 N–H and O–H groups in total. The SMILES string of the molecule is COc1nc(-c2cccc(-c3ccnc(-c4cnc5c(CNC6CCN(C(C)=O)CC6)cn(C)c5c4)c3Cl)c2Cl)ccc1CN(C[C@@H]1CCC(=O)N1)C(=O)OC(C)(C)C.COc1nc(-c2cccc(-c3ccnc(-c4cnc5c(CNC6CCN(C(C)=O)CC6)cn(C)c5c4)c3Cl)c2Cl)ccc1CNC[C@@H]1CCC(=O)N1. The summed E-state index contributed by atoms with van der Waals surface area (Å²) in [6.45, 7) is 14.9.